The van der Waals surface area contributed by atoms with E-state index in [2.05, 4.69) is 20.9 Å². The maximum Gasteiger partial charge on any atom is 0.308 e. The molecule has 0 saturated heterocycles. The number of rotatable bonds is 24. The Bertz CT molecular complexity index is 2340. The van der Waals surface area contributed by atoms with Crippen molar-refractivity contribution in [3.8, 4) is 0 Å². The Labute approximate surface area is 372 Å². The van der Waals surface area contributed by atoms with Crippen LogP contribution in [0.3, 0.4) is 0 Å². The molecule has 5 amide bonds. The summed E-state index contributed by atoms with van der Waals surface area (Å²) in [7, 11) is 1.43. The fourth-order valence-electron chi connectivity index (χ4n) is 7.10. The number of fused-ring (bicyclic) bond motifs is 1. The van der Waals surface area contributed by atoms with E-state index in [-0.39, 0.29) is 45.3 Å². The molecule has 0 fully saturated rings. The van der Waals surface area contributed by atoms with Crippen LogP contribution >= 0.6 is 0 Å². The molecule has 15 nitrogen and oxygen atoms in total. The highest BCUT2D eigenvalue weighted by atomic mass is 16.5. The molecule has 1 aromatic heterocycles. The third-order valence-electron chi connectivity index (χ3n) is 10.7. The van der Waals surface area contributed by atoms with Crippen LogP contribution in [0, 0.1) is 0 Å². The molecule has 0 aliphatic carbocycles. The SMILES string of the molecule is CCCC[C@@H](C(=O)N[C@@H](CC(=O)OCc1ccccc1)C(=O)N[C@@H](Cc1ccccc1)C(N)=O)N(C)C(=O)[C@H](Cc1c[nH]c2ccccc12)NC(=O)CCC(=O)OCc1ccccc1. The van der Waals surface area contributed by atoms with E-state index in [4.69, 9.17) is 15.2 Å². The molecule has 4 atom stereocenters. The molecule has 15 heteroatoms. The number of unbranched alkanes of at least 4 members (excludes halogenated alkanes) is 1. The van der Waals surface area contributed by atoms with Crippen LogP contribution < -0.4 is 21.7 Å². The van der Waals surface area contributed by atoms with Crippen LogP contribution in [0.2, 0.25) is 0 Å². The van der Waals surface area contributed by atoms with Crippen LogP contribution in [0.25, 0.3) is 10.9 Å². The van der Waals surface area contributed by atoms with Gasteiger partial charge in [0.25, 0.3) is 0 Å². The molecule has 5 aromatic rings. The molecule has 0 bridgehead atoms. The number of likely N-dealkylation sites (N-methyl/N-ethyl adjacent to an activating group) is 1. The Balaban J connectivity index is 1.35. The summed E-state index contributed by atoms with van der Waals surface area (Å²) < 4.78 is 10.8. The number of aromatic nitrogens is 1. The van der Waals surface area contributed by atoms with Gasteiger partial charge in [-0.3, -0.25) is 33.6 Å². The Morgan fingerprint density at radius 2 is 1.20 bits per heavy atom. The highest BCUT2D eigenvalue weighted by Gasteiger charge is 2.36. The molecule has 0 unspecified atom stereocenters. The van der Waals surface area contributed by atoms with E-state index < -0.39 is 72.1 Å². The number of esters is 2. The number of aromatic amines is 1. The first-order valence-corrected chi connectivity index (χ1v) is 21.4. The molecule has 64 heavy (non-hydrogen) atoms. The van der Waals surface area contributed by atoms with Gasteiger partial charge in [-0.2, -0.15) is 0 Å². The lowest BCUT2D eigenvalue weighted by Crippen LogP contribution is -2.59. The van der Waals surface area contributed by atoms with Crippen molar-refractivity contribution in [2.45, 2.75) is 95.7 Å². The van der Waals surface area contributed by atoms with Crippen molar-refractivity contribution in [1.29, 1.82) is 0 Å². The lowest BCUT2D eigenvalue weighted by molar-refractivity contribution is -0.148. The second-order valence-corrected chi connectivity index (χ2v) is 15.5. The fourth-order valence-corrected chi connectivity index (χ4v) is 7.10. The quantitative estimate of drug-likeness (QED) is 0.0548. The van der Waals surface area contributed by atoms with Crippen LogP contribution in [-0.2, 0) is 69.1 Å². The second kappa shape index (κ2) is 24.4. The van der Waals surface area contributed by atoms with Crippen molar-refractivity contribution in [3.63, 3.8) is 0 Å². The van der Waals surface area contributed by atoms with E-state index >= 15 is 0 Å². The maximum absolute atomic E-state index is 14.6. The molecule has 0 radical (unpaired) electrons. The van der Waals surface area contributed by atoms with Crippen molar-refractivity contribution in [1.82, 2.24) is 25.8 Å². The number of benzene rings is 4. The van der Waals surface area contributed by atoms with E-state index in [0.717, 1.165) is 22.0 Å². The number of nitrogens with two attached hydrogens (primary N) is 1. The van der Waals surface area contributed by atoms with Gasteiger partial charge in [0, 0.05) is 43.4 Å². The topological polar surface area (TPSA) is 219 Å². The number of ether oxygens (including phenoxy) is 2. The van der Waals surface area contributed by atoms with Gasteiger partial charge in [0.05, 0.1) is 12.8 Å². The monoisotopic (exact) mass is 872 g/mol. The largest absolute Gasteiger partial charge is 0.461 e. The van der Waals surface area contributed by atoms with Gasteiger partial charge in [0.15, 0.2) is 0 Å². The minimum Gasteiger partial charge on any atom is -0.461 e. The van der Waals surface area contributed by atoms with E-state index in [0.29, 0.717) is 24.0 Å². The molecule has 0 aliphatic rings. The third-order valence-corrected chi connectivity index (χ3v) is 10.7. The number of para-hydroxylation sites is 1. The predicted octanol–water partition coefficient (Wildman–Crippen LogP) is 4.57. The first-order valence-electron chi connectivity index (χ1n) is 21.4. The molecule has 6 N–H and O–H groups in total. The first kappa shape index (κ1) is 47.8. The minimum atomic E-state index is -1.54. The number of nitrogens with one attached hydrogen (secondary N) is 4. The number of carbonyl (C=O) groups is 7. The Morgan fingerprint density at radius 3 is 1.81 bits per heavy atom. The van der Waals surface area contributed by atoms with Crippen molar-refractivity contribution in [2.75, 3.05) is 7.05 Å². The van der Waals surface area contributed by atoms with Crippen LogP contribution in [0.5, 0.6) is 0 Å². The molecule has 0 saturated carbocycles. The van der Waals surface area contributed by atoms with Gasteiger partial charge in [-0.25, -0.2) is 0 Å². The standard InChI is InChI=1S/C49H56N6O9/c1-3-4-24-42(48(61)54-40(29-45(58)64-32-35-20-12-7-13-21-35)47(60)53-39(46(50)59)27-33-16-8-5-9-17-33)55(2)49(62)41(28-36-30-51-38-23-15-14-22-37(36)38)52-43(56)25-26-44(57)63-31-34-18-10-6-11-19-34/h5-23,30,39-42,51H,3-4,24-29,31-32H2,1-2H3,(H2,50,59)(H,52,56)(H,53,60)(H,54,61)/t39-,40-,41-,42-/m0/s1. The lowest BCUT2D eigenvalue weighted by atomic mass is 10.0. The number of hydrogen-bond acceptors (Lipinski definition) is 9. The Hall–Kier alpha value is -7.29. The van der Waals surface area contributed by atoms with Crippen LogP contribution in [0.15, 0.2) is 121 Å². The molecule has 1 heterocycles. The number of nitrogens with zero attached hydrogens (tertiary/aromatic N) is 1. The zero-order valence-corrected chi connectivity index (χ0v) is 36.1. The lowest BCUT2D eigenvalue weighted by Gasteiger charge is -2.32. The third kappa shape index (κ3) is 14.7. The molecular formula is C49H56N6O9. The minimum absolute atomic E-state index is 0.0354. The Kier molecular flexibility index (Phi) is 18.2. The molecule has 4 aromatic carbocycles. The van der Waals surface area contributed by atoms with E-state index in [1.165, 1.54) is 11.9 Å². The van der Waals surface area contributed by atoms with E-state index in [9.17, 15) is 33.6 Å². The van der Waals surface area contributed by atoms with Crippen molar-refractivity contribution >= 4 is 52.4 Å². The van der Waals surface area contributed by atoms with Gasteiger partial charge in [-0.05, 0) is 34.7 Å². The number of amides is 5. The highest BCUT2D eigenvalue weighted by Crippen LogP contribution is 2.21. The molecule has 5 rings (SSSR count). The summed E-state index contributed by atoms with van der Waals surface area (Å²) in [5, 5.41) is 8.88. The number of primary amides is 1. The van der Waals surface area contributed by atoms with Gasteiger partial charge in [0.2, 0.25) is 29.5 Å². The second-order valence-electron chi connectivity index (χ2n) is 15.5. The average Bonchev–Trinajstić information content (AvgIpc) is 3.72. The van der Waals surface area contributed by atoms with Gasteiger partial charge < -0.3 is 41.0 Å². The summed E-state index contributed by atoms with van der Waals surface area (Å²) in [6, 6.07) is 29.3. The summed E-state index contributed by atoms with van der Waals surface area (Å²) in [4.78, 5) is 99.2. The van der Waals surface area contributed by atoms with E-state index in [1.54, 1.807) is 60.8 Å². The fraction of sp³-hybridized carbons (Fsp3) is 0.327. The van der Waals surface area contributed by atoms with Crippen molar-refractivity contribution < 1.29 is 43.0 Å². The van der Waals surface area contributed by atoms with Gasteiger partial charge in [-0.15, -0.1) is 0 Å². The summed E-state index contributed by atoms with van der Waals surface area (Å²) in [6.07, 6.45) is 2.04. The Morgan fingerprint density at radius 1 is 0.641 bits per heavy atom. The summed E-state index contributed by atoms with van der Waals surface area (Å²) in [5.74, 6) is -5.02. The van der Waals surface area contributed by atoms with Gasteiger partial charge in [0.1, 0.15) is 37.4 Å². The predicted molar refractivity (Wildman–Crippen MR) is 240 cm³/mol. The molecular weight excluding hydrogens is 817 g/mol. The van der Waals surface area contributed by atoms with Crippen molar-refractivity contribution in [2.24, 2.45) is 5.73 Å². The maximum atomic E-state index is 14.6. The summed E-state index contributed by atoms with van der Waals surface area (Å²) >= 11 is 0. The molecule has 0 spiro atoms. The van der Waals surface area contributed by atoms with Crippen LogP contribution in [0.1, 0.15) is 67.7 Å². The highest BCUT2D eigenvalue weighted by molar-refractivity contribution is 5.97. The van der Waals surface area contributed by atoms with Gasteiger partial charge >= 0.3 is 11.9 Å². The zero-order valence-electron chi connectivity index (χ0n) is 36.1. The van der Waals surface area contributed by atoms with Gasteiger partial charge in [-0.1, -0.05) is 129 Å². The first-order chi connectivity index (χ1) is 30.9. The van der Waals surface area contributed by atoms with E-state index in [1.807, 2.05) is 67.6 Å². The number of carbonyl (C=O) groups excluding carboxylic acids is 7. The molecule has 0 aliphatic heterocycles. The normalized spacial score (nSPS) is 12.8. The van der Waals surface area contributed by atoms with Crippen LogP contribution in [0.4, 0.5) is 0 Å². The van der Waals surface area contributed by atoms with Crippen molar-refractivity contribution in [3.05, 3.63) is 144 Å². The molecule has 336 valence electrons. The average molecular weight is 873 g/mol. The summed E-state index contributed by atoms with van der Waals surface area (Å²) in [6.45, 7) is 1.87. The zero-order chi connectivity index (χ0) is 45.8. The summed E-state index contributed by atoms with van der Waals surface area (Å²) in [5.41, 5.74) is 9.46. The smallest absolute Gasteiger partial charge is 0.308 e. The number of H-pyrrole nitrogens is 1. The van der Waals surface area contributed by atoms with Crippen LogP contribution in [-0.4, -0.2) is 82.6 Å². The number of hydrogen-bond donors (Lipinski definition) is 5.